The molecule has 1 aliphatic rings. The Labute approximate surface area is 81.7 Å². The Balaban J connectivity index is 2.02. The van der Waals surface area contributed by atoms with E-state index in [1.165, 1.54) is 25.7 Å². The molecule has 0 bridgehead atoms. The van der Waals surface area contributed by atoms with Gasteiger partial charge in [0.25, 0.3) is 0 Å². The number of rotatable bonds is 4. The Morgan fingerprint density at radius 1 is 1.23 bits per heavy atom. The summed E-state index contributed by atoms with van der Waals surface area (Å²) in [6.45, 7) is 2.23. The van der Waals surface area contributed by atoms with Crippen molar-refractivity contribution < 1.29 is 0 Å². The SMILES string of the molecule is CN(C)CCN[C@H]1CC[C@H](N)CC1. The van der Waals surface area contributed by atoms with Crippen molar-refractivity contribution in [1.29, 1.82) is 0 Å². The maximum Gasteiger partial charge on any atom is 0.0101 e. The van der Waals surface area contributed by atoms with Crippen LogP contribution in [0.5, 0.6) is 0 Å². The molecule has 0 heterocycles. The van der Waals surface area contributed by atoms with E-state index in [1.54, 1.807) is 0 Å². The van der Waals surface area contributed by atoms with Crippen molar-refractivity contribution in [1.82, 2.24) is 10.2 Å². The molecular formula is C10H23N3. The van der Waals surface area contributed by atoms with Crippen molar-refractivity contribution in [3.8, 4) is 0 Å². The molecular weight excluding hydrogens is 162 g/mol. The molecule has 0 aromatic heterocycles. The second-order valence-corrected chi connectivity index (χ2v) is 4.37. The molecule has 0 spiro atoms. The summed E-state index contributed by atoms with van der Waals surface area (Å²) in [5, 5.41) is 3.58. The van der Waals surface area contributed by atoms with Crippen LogP contribution in [0.15, 0.2) is 0 Å². The molecule has 0 radical (unpaired) electrons. The van der Waals surface area contributed by atoms with Crippen LogP contribution in [0.1, 0.15) is 25.7 Å². The lowest BCUT2D eigenvalue weighted by Gasteiger charge is -2.27. The predicted molar refractivity (Wildman–Crippen MR) is 56.8 cm³/mol. The standard InChI is InChI=1S/C10H23N3/c1-13(2)8-7-12-10-5-3-9(11)4-6-10/h9-10,12H,3-8,11H2,1-2H3/t9-,10-. The molecule has 78 valence electrons. The average Bonchev–Trinajstić information content (AvgIpc) is 2.08. The lowest BCUT2D eigenvalue weighted by Crippen LogP contribution is -2.39. The third-order valence-corrected chi connectivity index (χ3v) is 2.76. The normalized spacial score (nSPS) is 29.5. The zero-order chi connectivity index (χ0) is 9.68. The molecule has 3 heteroatoms. The minimum Gasteiger partial charge on any atom is -0.328 e. The molecule has 3 N–H and O–H groups in total. The van der Waals surface area contributed by atoms with Gasteiger partial charge in [-0.2, -0.15) is 0 Å². The van der Waals surface area contributed by atoms with Crippen LogP contribution >= 0.6 is 0 Å². The van der Waals surface area contributed by atoms with Crippen molar-refractivity contribution in [2.75, 3.05) is 27.2 Å². The zero-order valence-electron chi connectivity index (χ0n) is 8.92. The molecule has 0 unspecified atom stereocenters. The first-order valence-corrected chi connectivity index (χ1v) is 5.32. The summed E-state index contributed by atoms with van der Waals surface area (Å²) >= 11 is 0. The largest absolute Gasteiger partial charge is 0.328 e. The van der Waals surface area contributed by atoms with E-state index in [4.69, 9.17) is 5.73 Å². The predicted octanol–water partition coefficient (Wildman–Crippen LogP) is 0.408. The minimum absolute atomic E-state index is 0.465. The Morgan fingerprint density at radius 2 is 1.85 bits per heavy atom. The molecule has 0 aliphatic heterocycles. The summed E-state index contributed by atoms with van der Waals surface area (Å²) < 4.78 is 0. The third-order valence-electron chi connectivity index (χ3n) is 2.76. The van der Waals surface area contributed by atoms with Crippen molar-refractivity contribution in [3.05, 3.63) is 0 Å². The monoisotopic (exact) mass is 185 g/mol. The molecule has 0 atom stereocenters. The molecule has 0 aromatic rings. The van der Waals surface area contributed by atoms with E-state index < -0.39 is 0 Å². The minimum atomic E-state index is 0.465. The fourth-order valence-corrected chi connectivity index (χ4v) is 1.82. The highest BCUT2D eigenvalue weighted by Crippen LogP contribution is 2.16. The van der Waals surface area contributed by atoms with Crippen LogP contribution in [-0.4, -0.2) is 44.2 Å². The van der Waals surface area contributed by atoms with Gasteiger partial charge in [-0.15, -0.1) is 0 Å². The summed E-state index contributed by atoms with van der Waals surface area (Å²) in [6, 6.07) is 1.19. The van der Waals surface area contributed by atoms with Crippen LogP contribution in [-0.2, 0) is 0 Å². The topological polar surface area (TPSA) is 41.3 Å². The first-order valence-electron chi connectivity index (χ1n) is 5.32. The molecule has 1 saturated carbocycles. The second-order valence-electron chi connectivity index (χ2n) is 4.37. The average molecular weight is 185 g/mol. The van der Waals surface area contributed by atoms with Gasteiger partial charge in [-0.25, -0.2) is 0 Å². The van der Waals surface area contributed by atoms with Gasteiger partial charge >= 0.3 is 0 Å². The van der Waals surface area contributed by atoms with E-state index in [0.717, 1.165) is 19.1 Å². The fourth-order valence-electron chi connectivity index (χ4n) is 1.82. The van der Waals surface area contributed by atoms with E-state index in [-0.39, 0.29) is 0 Å². The van der Waals surface area contributed by atoms with Gasteiger partial charge in [0.15, 0.2) is 0 Å². The van der Waals surface area contributed by atoms with Crippen LogP contribution < -0.4 is 11.1 Å². The number of nitrogens with two attached hydrogens (primary N) is 1. The number of hydrogen-bond acceptors (Lipinski definition) is 3. The Kier molecular flexibility index (Phi) is 4.70. The Bertz CT molecular complexity index is 128. The van der Waals surface area contributed by atoms with Gasteiger partial charge in [0.1, 0.15) is 0 Å². The first-order chi connectivity index (χ1) is 6.18. The van der Waals surface area contributed by atoms with Crippen molar-refractivity contribution in [2.45, 2.75) is 37.8 Å². The number of likely N-dealkylation sites (N-methyl/N-ethyl adjacent to an activating group) is 1. The zero-order valence-corrected chi connectivity index (χ0v) is 8.92. The van der Waals surface area contributed by atoms with Crippen LogP contribution in [0.4, 0.5) is 0 Å². The maximum atomic E-state index is 5.84. The van der Waals surface area contributed by atoms with E-state index in [9.17, 15) is 0 Å². The molecule has 1 aliphatic carbocycles. The van der Waals surface area contributed by atoms with E-state index in [2.05, 4.69) is 24.3 Å². The molecule has 0 aromatic carbocycles. The number of hydrogen-bond donors (Lipinski definition) is 2. The van der Waals surface area contributed by atoms with Crippen LogP contribution in [0, 0.1) is 0 Å². The lowest BCUT2D eigenvalue weighted by atomic mass is 9.92. The lowest BCUT2D eigenvalue weighted by molar-refractivity contribution is 0.322. The van der Waals surface area contributed by atoms with E-state index in [0.29, 0.717) is 6.04 Å². The van der Waals surface area contributed by atoms with Gasteiger partial charge in [0.2, 0.25) is 0 Å². The number of nitrogens with one attached hydrogen (secondary N) is 1. The van der Waals surface area contributed by atoms with Crippen molar-refractivity contribution in [2.24, 2.45) is 5.73 Å². The van der Waals surface area contributed by atoms with Crippen LogP contribution in [0.2, 0.25) is 0 Å². The van der Waals surface area contributed by atoms with Crippen LogP contribution in [0.25, 0.3) is 0 Å². The highest BCUT2D eigenvalue weighted by atomic mass is 15.1. The quantitative estimate of drug-likeness (QED) is 0.666. The molecule has 1 rings (SSSR count). The summed E-state index contributed by atoms with van der Waals surface area (Å²) in [4.78, 5) is 2.21. The Morgan fingerprint density at radius 3 is 2.38 bits per heavy atom. The van der Waals surface area contributed by atoms with Gasteiger partial charge in [-0.1, -0.05) is 0 Å². The molecule has 13 heavy (non-hydrogen) atoms. The smallest absolute Gasteiger partial charge is 0.0101 e. The molecule has 3 nitrogen and oxygen atoms in total. The highest BCUT2D eigenvalue weighted by molar-refractivity contribution is 4.78. The summed E-state index contributed by atoms with van der Waals surface area (Å²) in [6.07, 6.45) is 4.91. The summed E-state index contributed by atoms with van der Waals surface area (Å²) in [5.41, 5.74) is 5.84. The van der Waals surface area contributed by atoms with Gasteiger partial charge < -0.3 is 16.0 Å². The Hall–Kier alpha value is -0.120. The molecule has 1 fully saturated rings. The van der Waals surface area contributed by atoms with Gasteiger partial charge in [-0.05, 0) is 39.8 Å². The first kappa shape index (κ1) is 11.0. The van der Waals surface area contributed by atoms with Gasteiger partial charge in [0, 0.05) is 25.2 Å². The second kappa shape index (κ2) is 5.58. The maximum absolute atomic E-state index is 5.84. The summed E-state index contributed by atoms with van der Waals surface area (Å²) in [7, 11) is 4.22. The van der Waals surface area contributed by atoms with Gasteiger partial charge in [0.05, 0.1) is 0 Å². The van der Waals surface area contributed by atoms with Crippen molar-refractivity contribution in [3.63, 3.8) is 0 Å². The summed E-state index contributed by atoms with van der Waals surface area (Å²) in [5.74, 6) is 0. The third kappa shape index (κ3) is 4.60. The van der Waals surface area contributed by atoms with Gasteiger partial charge in [-0.3, -0.25) is 0 Å². The highest BCUT2D eigenvalue weighted by Gasteiger charge is 2.17. The van der Waals surface area contributed by atoms with E-state index in [1.807, 2.05) is 0 Å². The van der Waals surface area contributed by atoms with E-state index >= 15 is 0 Å². The molecule has 0 saturated heterocycles. The van der Waals surface area contributed by atoms with Crippen molar-refractivity contribution >= 4 is 0 Å². The number of nitrogens with zero attached hydrogens (tertiary/aromatic N) is 1. The molecule has 0 amide bonds. The fraction of sp³-hybridized carbons (Fsp3) is 1.00. The van der Waals surface area contributed by atoms with Crippen LogP contribution in [0.3, 0.4) is 0 Å².